The second kappa shape index (κ2) is 7.51. The molecule has 4 heteroatoms. The zero-order valence-electron chi connectivity index (χ0n) is 9.61. The molecule has 1 nitrogen and oxygen atoms in total. The van der Waals surface area contributed by atoms with Gasteiger partial charge in [0.2, 0.25) is 0 Å². The monoisotopic (exact) mass is 273 g/mol. The minimum Gasteiger partial charge on any atom is -0.256 e. The maximum Gasteiger partial charge on any atom is 0.0538 e. The Morgan fingerprint density at radius 2 is 1.88 bits per heavy atom. The van der Waals surface area contributed by atoms with Crippen molar-refractivity contribution in [2.24, 2.45) is 0 Å². The Hall–Kier alpha value is 0.200. The summed E-state index contributed by atoms with van der Waals surface area (Å²) in [6.07, 6.45) is 3.48. The number of pyridine rings is 1. The Bertz CT molecular complexity index is 314. The van der Waals surface area contributed by atoms with Gasteiger partial charge in [-0.05, 0) is 30.0 Å². The zero-order chi connectivity index (χ0) is 12.0. The van der Waals surface area contributed by atoms with E-state index in [-0.39, 0.29) is 0 Å². The second-order valence-corrected chi connectivity index (χ2v) is 4.72. The van der Waals surface area contributed by atoms with Crippen LogP contribution in [0, 0.1) is 0 Å². The lowest BCUT2D eigenvalue weighted by Crippen LogP contribution is -2.04. The normalized spacial score (nSPS) is 10.8. The van der Waals surface area contributed by atoms with Crippen molar-refractivity contribution in [2.75, 3.05) is 0 Å². The predicted molar refractivity (Wildman–Crippen MR) is 80.9 cm³/mol. The molecular formula is C12H19NS3. The SMILES string of the molecule is CCCCc1c(CS)cc(CS)nc1CS. The summed E-state index contributed by atoms with van der Waals surface area (Å²) >= 11 is 13.0. The number of nitrogens with zero attached hydrogens (tertiary/aromatic N) is 1. The second-order valence-electron chi connectivity index (χ2n) is 3.78. The molecular weight excluding hydrogens is 254 g/mol. The van der Waals surface area contributed by atoms with E-state index in [2.05, 4.69) is 55.9 Å². The molecule has 1 rings (SSSR count). The molecule has 0 saturated carbocycles. The van der Waals surface area contributed by atoms with Crippen LogP contribution in [0.25, 0.3) is 0 Å². The first-order valence-corrected chi connectivity index (χ1v) is 7.49. The van der Waals surface area contributed by atoms with E-state index in [9.17, 15) is 0 Å². The molecule has 1 aromatic heterocycles. The molecule has 90 valence electrons. The van der Waals surface area contributed by atoms with Crippen LogP contribution in [0.3, 0.4) is 0 Å². The number of aromatic nitrogens is 1. The van der Waals surface area contributed by atoms with Gasteiger partial charge in [-0.2, -0.15) is 37.9 Å². The van der Waals surface area contributed by atoms with Crippen LogP contribution in [0.5, 0.6) is 0 Å². The average Bonchev–Trinajstić information content (AvgIpc) is 2.35. The molecule has 0 radical (unpaired) electrons. The highest BCUT2D eigenvalue weighted by Crippen LogP contribution is 2.21. The summed E-state index contributed by atoms with van der Waals surface area (Å²) in [6.45, 7) is 2.20. The lowest BCUT2D eigenvalue weighted by Gasteiger charge is -2.13. The standard InChI is InChI=1S/C12H19NS3/c1-2-3-4-11-9(6-14)5-10(7-15)13-12(11)8-16/h5,14-16H,2-4,6-8H2,1H3. The summed E-state index contributed by atoms with van der Waals surface area (Å²) in [5, 5.41) is 0. The van der Waals surface area contributed by atoms with Crippen LogP contribution in [0.2, 0.25) is 0 Å². The maximum absolute atomic E-state index is 4.58. The van der Waals surface area contributed by atoms with Crippen molar-refractivity contribution in [2.45, 2.75) is 43.4 Å². The summed E-state index contributed by atoms with van der Waals surface area (Å²) in [5.74, 6) is 2.14. The molecule has 16 heavy (non-hydrogen) atoms. The fourth-order valence-electron chi connectivity index (χ4n) is 1.76. The van der Waals surface area contributed by atoms with E-state index in [1.165, 1.54) is 24.0 Å². The molecule has 0 spiro atoms. The Labute approximate surface area is 115 Å². The van der Waals surface area contributed by atoms with Crippen LogP contribution in [0.1, 0.15) is 42.3 Å². The molecule has 0 aliphatic rings. The van der Waals surface area contributed by atoms with Gasteiger partial charge in [-0.1, -0.05) is 13.3 Å². The van der Waals surface area contributed by atoms with Crippen LogP contribution < -0.4 is 0 Å². The lowest BCUT2D eigenvalue weighted by atomic mass is 10.0. The molecule has 0 atom stereocenters. The highest BCUT2D eigenvalue weighted by Gasteiger charge is 2.10. The third-order valence-corrected chi connectivity index (χ3v) is 3.58. The van der Waals surface area contributed by atoms with Gasteiger partial charge in [0.1, 0.15) is 0 Å². The van der Waals surface area contributed by atoms with Gasteiger partial charge in [0.15, 0.2) is 0 Å². The Morgan fingerprint density at radius 3 is 2.38 bits per heavy atom. The highest BCUT2D eigenvalue weighted by molar-refractivity contribution is 7.79. The summed E-state index contributed by atoms with van der Waals surface area (Å²) in [7, 11) is 0. The van der Waals surface area contributed by atoms with E-state index in [0.717, 1.165) is 23.6 Å². The van der Waals surface area contributed by atoms with Crippen molar-refractivity contribution < 1.29 is 0 Å². The summed E-state index contributed by atoms with van der Waals surface area (Å²) in [4.78, 5) is 4.58. The first-order chi connectivity index (χ1) is 7.76. The Kier molecular flexibility index (Phi) is 6.70. The van der Waals surface area contributed by atoms with Gasteiger partial charge >= 0.3 is 0 Å². The van der Waals surface area contributed by atoms with Crippen LogP contribution >= 0.6 is 37.9 Å². The van der Waals surface area contributed by atoms with Crippen molar-refractivity contribution in [3.8, 4) is 0 Å². The third-order valence-electron chi connectivity index (χ3n) is 2.62. The molecule has 0 saturated heterocycles. The van der Waals surface area contributed by atoms with E-state index in [1.807, 2.05) is 0 Å². The largest absolute Gasteiger partial charge is 0.256 e. The Morgan fingerprint density at radius 1 is 1.12 bits per heavy atom. The Balaban J connectivity index is 3.09. The highest BCUT2D eigenvalue weighted by atomic mass is 32.1. The molecule has 0 unspecified atom stereocenters. The van der Waals surface area contributed by atoms with Crippen LogP contribution in [-0.2, 0) is 23.7 Å². The number of rotatable bonds is 6. The quantitative estimate of drug-likeness (QED) is 0.672. The van der Waals surface area contributed by atoms with Crippen molar-refractivity contribution in [3.05, 3.63) is 28.6 Å². The minimum atomic E-state index is 0.676. The number of hydrogen-bond acceptors (Lipinski definition) is 4. The number of thiol groups is 3. The summed E-state index contributed by atoms with van der Waals surface area (Å²) in [6, 6.07) is 2.12. The number of unbranched alkanes of at least 4 members (excludes halogenated alkanes) is 1. The van der Waals surface area contributed by atoms with Gasteiger partial charge in [-0.25, -0.2) is 0 Å². The van der Waals surface area contributed by atoms with E-state index in [0.29, 0.717) is 11.5 Å². The van der Waals surface area contributed by atoms with Gasteiger partial charge in [-0.3, -0.25) is 4.98 Å². The molecule has 0 aliphatic heterocycles. The molecule has 0 aliphatic carbocycles. The van der Waals surface area contributed by atoms with Gasteiger partial charge in [0.05, 0.1) is 11.4 Å². The first kappa shape index (κ1) is 14.3. The van der Waals surface area contributed by atoms with Gasteiger partial charge in [0, 0.05) is 17.3 Å². The molecule has 0 aromatic carbocycles. The fourth-order valence-corrected chi connectivity index (χ4v) is 2.46. The lowest BCUT2D eigenvalue weighted by molar-refractivity contribution is 0.778. The smallest absolute Gasteiger partial charge is 0.0538 e. The zero-order valence-corrected chi connectivity index (χ0v) is 12.3. The summed E-state index contributed by atoms with van der Waals surface area (Å²) < 4.78 is 0. The van der Waals surface area contributed by atoms with E-state index in [1.54, 1.807) is 0 Å². The van der Waals surface area contributed by atoms with Gasteiger partial charge < -0.3 is 0 Å². The average molecular weight is 273 g/mol. The molecule has 0 N–H and O–H groups in total. The first-order valence-electron chi connectivity index (χ1n) is 5.59. The number of hydrogen-bond donors (Lipinski definition) is 3. The van der Waals surface area contributed by atoms with Crippen LogP contribution in [-0.4, -0.2) is 4.98 Å². The van der Waals surface area contributed by atoms with Gasteiger partial charge in [-0.15, -0.1) is 0 Å². The van der Waals surface area contributed by atoms with Gasteiger partial charge in [0.25, 0.3) is 0 Å². The van der Waals surface area contributed by atoms with E-state index < -0.39 is 0 Å². The summed E-state index contributed by atoms with van der Waals surface area (Å²) in [5.41, 5.74) is 4.77. The predicted octanol–water partition coefficient (Wildman–Crippen LogP) is 3.71. The minimum absolute atomic E-state index is 0.676. The molecule has 0 amide bonds. The van der Waals surface area contributed by atoms with E-state index in [4.69, 9.17) is 0 Å². The fraction of sp³-hybridized carbons (Fsp3) is 0.583. The van der Waals surface area contributed by atoms with Crippen molar-refractivity contribution >= 4 is 37.9 Å². The third kappa shape index (κ3) is 3.60. The maximum atomic E-state index is 4.58. The van der Waals surface area contributed by atoms with Crippen molar-refractivity contribution in [1.29, 1.82) is 0 Å². The molecule has 1 heterocycles. The van der Waals surface area contributed by atoms with Crippen LogP contribution in [0.15, 0.2) is 6.07 Å². The molecule has 1 aromatic rings. The topological polar surface area (TPSA) is 12.9 Å². The van der Waals surface area contributed by atoms with E-state index >= 15 is 0 Å². The molecule has 0 bridgehead atoms. The van der Waals surface area contributed by atoms with Crippen molar-refractivity contribution in [3.63, 3.8) is 0 Å². The molecule has 0 fully saturated rings. The van der Waals surface area contributed by atoms with Crippen LogP contribution in [0.4, 0.5) is 0 Å². The van der Waals surface area contributed by atoms with Crippen molar-refractivity contribution in [1.82, 2.24) is 4.98 Å².